The van der Waals surface area contributed by atoms with Crippen molar-refractivity contribution in [3.8, 4) is 0 Å². The fraction of sp³-hybridized carbons (Fsp3) is 0.576. The maximum absolute atomic E-state index is 12.3. The minimum atomic E-state index is -6.72. The van der Waals surface area contributed by atoms with Gasteiger partial charge in [-0.05, 0) is 63.3 Å². The van der Waals surface area contributed by atoms with E-state index in [1.54, 1.807) is 0 Å². The summed E-state index contributed by atoms with van der Waals surface area (Å²) < 4.78 is 117. The molecule has 0 aliphatic carbocycles. The Hall–Kier alpha value is -3.18. The molecule has 2 rings (SSSR count). The van der Waals surface area contributed by atoms with E-state index >= 15 is 0 Å². The summed E-state index contributed by atoms with van der Waals surface area (Å²) in [6.45, 7) is 13.8. The van der Waals surface area contributed by atoms with E-state index in [9.17, 15) is 48.0 Å². The number of aromatic nitrogens is 1. The van der Waals surface area contributed by atoms with Crippen molar-refractivity contribution in [2.24, 2.45) is 0 Å². The third-order valence-corrected chi connectivity index (χ3v) is 10.0. The molecule has 9 nitrogen and oxygen atoms in total. The average molecular weight is 760 g/mol. The van der Waals surface area contributed by atoms with Crippen LogP contribution < -0.4 is 9.88 Å². The summed E-state index contributed by atoms with van der Waals surface area (Å²) >= 11 is 0. The van der Waals surface area contributed by atoms with Crippen LogP contribution in [0.4, 0.5) is 31.1 Å². The number of carbonyl (C=O) groups is 1. The number of pyridine rings is 1. The normalized spacial score (nSPS) is 12.5. The second kappa shape index (κ2) is 20.0. The molecular weight excluding hydrogens is 713 g/mol. The van der Waals surface area contributed by atoms with E-state index in [2.05, 4.69) is 54.0 Å². The number of hydrogen-bond acceptors (Lipinski definition) is 6. The molecule has 17 heteroatoms. The Kier molecular flexibility index (Phi) is 17.9. The summed E-state index contributed by atoms with van der Waals surface area (Å²) in [4.78, 5) is 12.3. The lowest BCUT2D eigenvalue weighted by Gasteiger charge is -2.27. The van der Waals surface area contributed by atoms with Crippen LogP contribution in [-0.2, 0) is 43.3 Å². The maximum atomic E-state index is 12.3. The molecule has 0 fully saturated rings. The van der Waals surface area contributed by atoms with Gasteiger partial charge in [0.2, 0.25) is 0 Å². The van der Waals surface area contributed by atoms with E-state index in [0.29, 0.717) is 6.61 Å². The highest BCUT2D eigenvalue weighted by Crippen LogP contribution is 2.36. The first-order valence-electron chi connectivity index (χ1n) is 16.1. The number of nitrogens with zero attached hydrogens (tertiary/aromatic N) is 2. The predicted molar refractivity (Wildman–Crippen MR) is 180 cm³/mol. The molecule has 0 spiro atoms. The number of nitrogens with one attached hydrogen (secondary N) is 1. The zero-order valence-electron chi connectivity index (χ0n) is 28.7. The van der Waals surface area contributed by atoms with Crippen molar-refractivity contribution in [3.05, 3.63) is 76.2 Å². The number of ether oxygens (including phenoxy) is 1. The van der Waals surface area contributed by atoms with E-state index in [0.717, 1.165) is 40.2 Å². The van der Waals surface area contributed by atoms with Gasteiger partial charge in [-0.25, -0.2) is 26.2 Å². The third-order valence-electron chi connectivity index (χ3n) is 7.27. The molecule has 1 aromatic carbocycles. The third kappa shape index (κ3) is 16.2. The number of unbranched alkanes of at least 4 members (excludes halogenated alkanes) is 7. The van der Waals surface area contributed by atoms with Crippen LogP contribution in [0.3, 0.4) is 0 Å². The van der Waals surface area contributed by atoms with E-state index in [-0.39, 0.29) is 6.09 Å². The quantitative estimate of drug-likeness (QED) is 0.0921. The summed E-state index contributed by atoms with van der Waals surface area (Å²) in [7, 11) is -13.4. The molecule has 0 bridgehead atoms. The number of rotatable bonds is 18. The van der Waals surface area contributed by atoms with Crippen LogP contribution in [0, 0.1) is 0 Å². The lowest BCUT2D eigenvalue weighted by Crippen LogP contribution is -2.41. The van der Waals surface area contributed by atoms with E-state index in [1.165, 1.54) is 56.9 Å². The second-order valence-corrected chi connectivity index (χ2v) is 15.6. The number of allylic oxidation sites excluding steroid dienone is 1. The Morgan fingerprint density at radius 3 is 1.92 bits per heavy atom. The molecule has 0 saturated heterocycles. The zero-order chi connectivity index (χ0) is 38.2. The summed E-state index contributed by atoms with van der Waals surface area (Å²) in [6, 6.07) is 12.5. The summed E-state index contributed by atoms with van der Waals surface area (Å²) in [5, 5.41) is 3.00. The Labute approximate surface area is 291 Å². The summed E-state index contributed by atoms with van der Waals surface area (Å²) in [5.74, 6) is 0. The summed E-state index contributed by atoms with van der Waals surface area (Å²) in [5.41, 5.74) is -8.33. The lowest BCUT2D eigenvalue weighted by molar-refractivity contribution is -0.697. The molecule has 2 aromatic rings. The fourth-order valence-electron chi connectivity index (χ4n) is 4.52. The molecule has 0 aliphatic heterocycles. The van der Waals surface area contributed by atoms with Crippen LogP contribution in [0.5, 0.6) is 0 Å². The van der Waals surface area contributed by atoms with Crippen molar-refractivity contribution in [2.45, 2.75) is 115 Å². The van der Waals surface area contributed by atoms with Gasteiger partial charge < -0.3 is 14.2 Å². The number of benzene rings is 1. The van der Waals surface area contributed by atoms with Gasteiger partial charge in [-0.1, -0.05) is 75.8 Å². The van der Waals surface area contributed by atoms with Crippen LogP contribution >= 0.6 is 0 Å². The first-order valence-corrected chi connectivity index (χ1v) is 19.0. The largest absolute Gasteiger partial charge is 0.480 e. The van der Waals surface area contributed by atoms with Gasteiger partial charge in [0.25, 0.3) is 0 Å². The second-order valence-electron chi connectivity index (χ2n) is 12.2. The summed E-state index contributed by atoms with van der Waals surface area (Å²) in [6.07, 6.45) is 16.1. The van der Waals surface area contributed by atoms with Crippen molar-refractivity contribution in [2.75, 3.05) is 6.61 Å². The molecule has 0 radical (unpaired) electrons. The number of aryl methyl sites for hydroxylation is 2. The number of hydrogen-bond donors (Lipinski definition) is 1. The van der Waals surface area contributed by atoms with Crippen LogP contribution in [0.15, 0.2) is 55.4 Å². The number of halogens is 6. The van der Waals surface area contributed by atoms with Crippen molar-refractivity contribution in [3.63, 3.8) is 0 Å². The highest BCUT2D eigenvalue weighted by molar-refractivity contribution is 8.13. The average Bonchev–Trinajstić information content (AvgIpc) is 2.99. The Morgan fingerprint density at radius 1 is 0.860 bits per heavy atom. The number of alkyl halides is 6. The first kappa shape index (κ1) is 44.8. The minimum absolute atomic E-state index is 0.353. The SMILES string of the molecule is C=C(C)c1cccc(C(C)(C)NC(=O)OCCCCCCCCCC[n+]2cccc(CCC)c2)c1.O=S(=O)([N-]S(=O)(=O)C(F)(F)F)C(F)(F)F. The van der Waals surface area contributed by atoms with Crippen molar-refractivity contribution in [1.82, 2.24) is 5.32 Å². The van der Waals surface area contributed by atoms with Gasteiger partial charge in [-0.15, -0.1) is 0 Å². The fourth-order valence-corrected chi connectivity index (χ4v) is 6.23. The molecule has 1 amide bonds. The van der Waals surface area contributed by atoms with Crippen molar-refractivity contribution < 1.29 is 57.3 Å². The molecule has 1 aromatic heterocycles. The molecular formula is C33H47F6N3O6S2. The van der Waals surface area contributed by atoms with Gasteiger partial charge in [0.15, 0.2) is 32.4 Å². The molecule has 0 unspecified atom stereocenters. The Bertz CT molecular complexity index is 1550. The molecule has 50 heavy (non-hydrogen) atoms. The van der Waals surface area contributed by atoms with Gasteiger partial charge in [-0.2, -0.15) is 26.3 Å². The Balaban J connectivity index is 0.000000700. The van der Waals surface area contributed by atoms with Gasteiger partial charge >= 0.3 is 17.1 Å². The van der Waals surface area contributed by atoms with E-state index < -0.39 is 36.6 Å². The molecule has 0 saturated carbocycles. The van der Waals surface area contributed by atoms with Crippen molar-refractivity contribution in [1.29, 1.82) is 0 Å². The highest BCUT2D eigenvalue weighted by atomic mass is 32.3. The minimum Gasteiger partial charge on any atom is -0.450 e. The number of carbonyl (C=O) groups excluding carboxylic acids is 1. The lowest BCUT2D eigenvalue weighted by atomic mass is 9.92. The highest BCUT2D eigenvalue weighted by Gasteiger charge is 2.47. The molecule has 284 valence electrons. The van der Waals surface area contributed by atoms with Crippen LogP contribution in [0.25, 0.3) is 9.70 Å². The molecule has 0 aliphatic rings. The van der Waals surface area contributed by atoms with Crippen molar-refractivity contribution >= 4 is 31.7 Å². The van der Waals surface area contributed by atoms with Crippen LogP contribution in [-0.4, -0.2) is 40.6 Å². The van der Waals surface area contributed by atoms with Gasteiger partial charge in [0, 0.05) is 18.1 Å². The van der Waals surface area contributed by atoms with Crippen LogP contribution in [0.2, 0.25) is 0 Å². The van der Waals surface area contributed by atoms with Gasteiger partial charge in [0.05, 0.1) is 12.1 Å². The topological polar surface area (TPSA) is 125 Å². The number of sulfonamides is 2. The predicted octanol–water partition coefficient (Wildman–Crippen LogP) is 8.80. The van der Waals surface area contributed by atoms with E-state index in [1.807, 2.05) is 39.0 Å². The number of alkyl carbamates (subject to hydrolysis) is 1. The van der Waals surface area contributed by atoms with Gasteiger partial charge in [0.1, 0.15) is 6.54 Å². The molecule has 1 heterocycles. The standard InChI is InChI=1S/C31H46N2O2.C2F6NO4S2/c1-6-17-27-18-16-22-33(25-27)21-13-11-9-7-8-10-12-14-23-35-30(34)32-31(4,5)29-20-15-19-28(24-29)26(2)3;3-1(4,5)14(10,11)9-15(12,13)2(6,7)8/h15-16,18-20,22,24-25H,2,6-14,17,21,23H2,1,3-5H3;/q;-1/p+1. The molecule has 1 N–H and O–H groups in total. The number of amides is 1. The Morgan fingerprint density at radius 2 is 1.40 bits per heavy atom. The van der Waals surface area contributed by atoms with Gasteiger partial charge in [-0.3, -0.25) is 0 Å². The van der Waals surface area contributed by atoms with E-state index in [4.69, 9.17) is 4.74 Å². The smallest absolute Gasteiger partial charge is 0.450 e. The first-order chi connectivity index (χ1) is 23.0. The van der Waals surface area contributed by atoms with Crippen LogP contribution in [0.1, 0.15) is 102 Å². The molecule has 0 atom stereocenters. The zero-order valence-corrected chi connectivity index (χ0v) is 30.4. The maximum Gasteiger partial charge on any atom is 0.480 e. The monoisotopic (exact) mass is 759 g/mol.